The molecular formula is C15H20ClNO4. The Bertz CT molecular complexity index is 521. The van der Waals surface area contributed by atoms with Crippen molar-refractivity contribution in [2.24, 2.45) is 0 Å². The highest BCUT2D eigenvalue weighted by Crippen LogP contribution is 2.35. The summed E-state index contributed by atoms with van der Waals surface area (Å²) in [5.41, 5.74) is 0.305. The van der Waals surface area contributed by atoms with E-state index in [2.05, 4.69) is 5.32 Å². The second kappa shape index (κ2) is 7.00. The summed E-state index contributed by atoms with van der Waals surface area (Å²) in [4.78, 5) is 12.3. The lowest BCUT2D eigenvalue weighted by Crippen LogP contribution is -2.45. The zero-order chi connectivity index (χ0) is 15.4. The molecule has 0 radical (unpaired) electrons. The summed E-state index contributed by atoms with van der Waals surface area (Å²) in [7, 11) is 0. The van der Waals surface area contributed by atoms with Crippen LogP contribution >= 0.6 is 11.6 Å². The van der Waals surface area contributed by atoms with Crippen LogP contribution in [-0.4, -0.2) is 34.9 Å². The van der Waals surface area contributed by atoms with Gasteiger partial charge < -0.3 is 20.3 Å². The molecule has 1 saturated carbocycles. The summed E-state index contributed by atoms with van der Waals surface area (Å²) >= 11 is 5.91. The van der Waals surface area contributed by atoms with Crippen molar-refractivity contribution in [2.45, 2.75) is 44.8 Å². The quantitative estimate of drug-likeness (QED) is 0.798. The van der Waals surface area contributed by atoms with E-state index in [1.165, 1.54) is 12.1 Å². The van der Waals surface area contributed by atoms with Crippen LogP contribution in [0, 0.1) is 0 Å². The van der Waals surface area contributed by atoms with E-state index in [-0.39, 0.29) is 28.5 Å². The van der Waals surface area contributed by atoms with Crippen LogP contribution < -0.4 is 10.1 Å². The maximum Gasteiger partial charge on any atom is 0.251 e. The van der Waals surface area contributed by atoms with Crippen molar-refractivity contribution in [1.29, 1.82) is 0 Å². The summed E-state index contributed by atoms with van der Waals surface area (Å²) in [6.45, 7) is 2.13. The van der Waals surface area contributed by atoms with Crippen LogP contribution in [0.5, 0.6) is 11.5 Å². The van der Waals surface area contributed by atoms with Gasteiger partial charge in [-0.3, -0.25) is 4.79 Å². The molecule has 0 heterocycles. The number of nitrogens with one attached hydrogen (secondary N) is 1. The van der Waals surface area contributed by atoms with Gasteiger partial charge in [-0.15, -0.1) is 0 Å². The van der Waals surface area contributed by atoms with E-state index in [1.54, 1.807) is 6.92 Å². The first kappa shape index (κ1) is 15.9. The molecule has 6 heteroatoms. The fraction of sp³-hybridized carbons (Fsp3) is 0.533. The Kier molecular flexibility index (Phi) is 5.31. The Morgan fingerprint density at radius 1 is 1.43 bits per heavy atom. The predicted octanol–water partition coefficient (Wildman–Crippen LogP) is 2.48. The minimum Gasteiger partial charge on any atom is -0.503 e. The third-order valence-corrected chi connectivity index (χ3v) is 3.92. The Hall–Kier alpha value is -1.46. The molecule has 2 atom stereocenters. The van der Waals surface area contributed by atoms with Crippen LogP contribution in [0.3, 0.4) is 0 Å². The number of aliphatic hydroxyl groups is 1. The monoisotopic (exact) mass is 313 g/mol. The number of carbonyl (C=O) groups is 1. The average Bonchev–Trinajstić information content (AvgIpc) is 2.46. The first-order valence-corrected chi connectivity index (χ1v) is 7.55. The van der Waals surface area contributed by atoms with Crippen LogP contribution in [0.15, 0.2) is 12.1 Å². The molecule has 2 rings (SSSR count). The lowest BCUT2D eigenvalue weighted by atomic mass is 9.92. The van der Waals surface area contributed by atoms with Crippen molar-refractivity contribution in [3.63, 3.8) is 0 Å². The summed E-state index contributed by atoms with van der Waals surface area (Å²) in [5.74, 6) is -0.323. The van der Waals surface area contributed by atoms with Gasteiger partial charge in [0.15, 0.2) is 11.5 Å². The fourth-order valence-corrected chi connectivity index (χ4v) is 2.71. The minimum atomic E-state index is -0.512. The molecule has 0 bridgehead atoms. The Labute approximate surface area is 128 Å². The number of hydrogen-bond acceptors (Lipinski definition) is 4. The van der Waals surface area contributed by atoms with Gasteiger partial charge in [0.2, 0.25) is 0 Å². The standard InChI is InChI=1S/C15H20ClNO4/c1-2-21-13-8-9(7-10(16)14(13)19)15(20)17-11-5-3-4-6-12(11)18/h7-8,11-12,18-19H,2-6H2,1H3,(H,17,20). The van der Waals surface area contributed by atoms with E-state index in [0.29, 0.717) is 18.6 Å². The van der Waals surface area contributed by atoms with Crippen LogP contribution in [-0.2, 0) is 0 Å². The van der Waals surface area contributed by atoms with Gasteiger partial charge in [0.1, 0.15) is 0 Å². The van der Waals surface area contributed by atoms with Gasteiger partial charge in [-0.2, -0.15) is 0 Å². The maximum atomic E-state index is 12.3. The normalized spacial score (nSPS) is 21.9. The number of benzene rings is 1. The Balaban J connectivity index is 2.15. The number of halogens is 1. The van der Waals surface area contributed by atoms with Crippen molar-refractivity contribution < 1.29 is 19.7 Å². The molecule has 1 aromatic rings. The van der Waals surface area contributed by atoms with E-state index in [1.807, 2.05) is 0 Å². The summed E-state index contributed by atoms with van der Waals surface area (Å²) < 4.78 is 5.26. The average molecular weight is 314 g/mol. The van der Waals surface area contributed by atoms with E-state index >= 15 is 0 Å². The van der Waals surface area contributed by atoms with Gasteiger partial charge in [-0.05, 0) is 31.9 Å². The number of phenols is 1. The highest BCUT2D eigenvalue weighted by Gasteiger charge is 2.25. The molecule has 1 aromatic carbocycles. The summed E-state index contributed by atoms with van der Waals surface area (Å²) in [6, 6.07) is 2.61. The summed E-state index contributed by atoms with van der Waals surface area (Å²) in [6.07, 6.45) is 2.92. The molecule has 0 spiro atoms. The van der Waals surface area contributed by atoms with Crippen LogP contribution in [0.2, 0.25) is 5.02 Å². The van der Waals surface area contributed by atoms with E-state index in [0.717, 1.165) is 19.3 Å². The molecule has 0 aromatic heterocycles. The largest absolute Gasteiger partial charge is 0.503 e. The first-order chi connectivity index (χ1) is 10.0. The van der Waals surface area contributed by atoms with E-state index < -0.39 is 6.10 Å². The molecular weight excluding hydrogens is 294 g/mol. The van der Waals surface area contributed by atoms with E-state index in [9.17, 15) is 15.0 Å². The van der Waals surface area contributed by atoms with Crippen molar-refractivity contribution in [3.8, 4) is 11.5 Å². The molecule has 1 fully saturated rings. The molecule has 1 aliphatic carbocycles. The first-order valence-electron chi connectivity index (χ1n) is 7.17. The van der Waals surface area contributed by atoms with Crippen molar-refractivity contribution >= 4 is 17.5 Å². The molecule has 3 N–H and O–H groups in total. The number of phenolic OH excluding ortho intramolecular Hbond substituents is 1. The van der Waals surface area contributed by atoms with Crippen molar-refractivity contribution in [1.82, 2.24) is 5.32 Å². The molecule has 1 aliphatic rings. The van der Waals surface area contributed by atoms with Crippen molar-refractivity contribution in [3.05, 3.63) is 22.7 Å². The van der Waals surface area contributed by atoms with Gasteiger partial charge >= 0.3 is 0 Å². The number of carbonyl (C=O) groups excluding carboxylic acids is 1. The highest BCUT2D eigenvalue weighted by molar-refractivity contribution is 6.32. The SMILES string of the molecule is CCOc1cc(C(=O)NC2CCCCC2O)cc(Cl)c1O. The Morgan fingerprint density at radius 3 is 2.81 bits per heavy atom. The van der Waals surface area contributed by atoms with Gasteiger partial charge in [0.05, 0.1) is 23.8 Å². The van der Waals surface area contributed by atoms with Gasteiger partial charge in [-0.1, -0.05) is 24.4 Å². The number of ether oxygens (including phenoxy) is 1. The lowest BCUT2D eigenvalue weighted by Gasteiger charge is -2.28. The number of aliphatic hydroxyl groups excluding tert-OH is 1. The third kappa shape index (κ3) is 3.80. The molecule has 5 nitrogen and oxygen atoms in total. The number of rotatable bonds is 4. The van der Waals surface area contributed by atoms with Gasteiger partial charge in [0, 0.05) is 5.56 Å². The smallest absolute Gasteiger partial charge is 0.251 e. The molecule has 0 saturated heterocycles. The topological polar surface area (TPSA) is 78.8 Å². The molecule has 2 unspecified atom stereocenters. The molecule has 0 aliphatic heterocycles. The highest BCUT2D eigenvalue weighted by atomic mass is 35.5. The maximum absolute atomic E-state index is 12.3. The second-order valence-electron chi connectivity index (χ2n) is 5.17. The molecule has 116 valence electrons. The lowest BCUT2D eigenvalue weighted by molar-refractivity contribution is 0.0717. The van der Waals surface area contributed by atoms with Gasteiger partial charge in [-0.25, -0.2) is 0 Å². The minimum absolute atomic E-state index is 0.0651. The van der Waals surface area contributed by atoms with Crippen LogP contribution in [0.4, 0.5) is 0 Å². The molecule has 1 amide bonds. The zero-order valence-corrected chi connectivity index (χ0v) is 12.7. The number of amides is 1. The van der Waals surface area contributed by atoms with Crippen molar-refractivity contribution in [2.75, 3.05) is 6.61 Å². The fourth-order valence-electron chi connectivity index (χ4n) is 2.50. The Morgan fingerprint density at radius 2 is 2.14 bits per heavy atom. The third-order valence-electron chi connectivity index (χ3n) is 3.64. The summed E-state index contributed by atoms with van der Waals surface area (Å²) in [5, 5.41) is 22.5. The van der Waals surface area contributed by atoms with Crippen LogP contribution in [0.1, 0.15) is 43.0 Å². The van der Waals surface area contributed by atoms with E-state index in [4.69, 9.17) is 16.3 Å². The van der Waals surface area contributed by atoms with Gasteiger partial charge in [0.25, 0.3) is 5.91 Å². The molecule has 21 heavy (non-hydrogen) atoms. The number of aromatic hydroxyl groups is 1. The second-order valence-corrected chi connectivity index (χ2v) is 5.58. The zero-order valence-electron chi connectivity index (χ0n) is 11.9. The predicted molar refractivity (Wildman–Crippen MR) is 80.0 cm³/mol. The van der Waals surface area contributed by atoms with Crippen LogP contribution in [0.25, 0.3) is 0 Å². The number of hydrogen-bond donors (Lipinski definition) is 3.